The number of nitrogens with zero attached hydrogens (tertiary/aromatic N) is 1. The van der Waals surface area contributed by atoms with Crippen LogP contribution in [0, 0.1) is 19.8 Å². The molecule has 0 fully saturated rings. The van der Waals surface area contributed by atoms with Gasteiger partial charge in [-0.25, -0.2) is 0 Å². The maximum Gasteiger partial charge on any atom is 0.170 e. The zero-order valence-corrected chi connectivity index (χ0v) is 12.2. The Balaban J connectivity index is 2.75. The minimum absolute atomic E-state index is 0.123. The molecule has 1 aromatic rings. The number of rotatable bonds is 6. The third-order valence-corrected chi connectivity index (χ3v) is 3.04. The molecule has 0 atom stereocenters. The number of ether oxygens (including phenoxy) is 1. The van der Waals surface area contributed by atoms with Crippen molar-refractivity contribution in [2.45, 2.75) is 40.5 Å². The number of oxime groups is 1. The maximum absolute atomic E-state index is 8.70. The summed E-state index contributed by atoms with van der Waals surface area (Å²) in [7, 11) is 0. The quantitative estimate of drug-likeness (QED) is 0.272. The van der Waals surface area contributed by atoms with Gasteiger partial charge in [0.05, 0.1) is 6.61 Å². The number of hydrogen-bond donors (Lipinski definition) is 2. The molecule has 0 bridgehead atoms. The summed E-state index contributed by atoms with van der Waals surface area (Å²) in [5.41, 5.74) is 8.32. The molecule has 19 heavy (non-hydrogen) atoms. The molecule has 1 rings (SSSR count). The average molecular weight is 264 g/mol. The minimum Gasteiger partial charge on any atom is -0.493 e. The summed E-state index contributed by atoms with van der Waals surface area (Å²) in [4.78, 5) is 0. The number of aryl methyl sites for hydroxylation is 2. The molecule has 3 N–H and O–H groups in total. The minimum atomic E-state index is 0.123. The zero-order chi connectivity index (χ0) is 14.4. The normalized spacial score (nSPS) is 11.9. The van der Waals surface area contributed by atoms with Gasteiger partial charge in [-0.2, -0.15) is 0 Å². The van der Waals surface area contributed by atoms with E-state index in [1.54, 1.807) is 0 Å². The summed E-state index contributed by atoms with van der Waals surface area (Å²) in [5, 5.41) is 11.7. The Kier molecular flexibility index (Phi) is 5.67. The van der Waals surface area contributed by atoms with Crippen molar-refractivity contribution in [2.75, 3.05) is 6.61 Å². The molecule has 0 aliphatic heterocycles. The fraction of sp³-hybridized carbons (Fsp3) is 0.533. The first-order chi connectivity index (χ1) is 8.95. The molecular weight excluding hydrogens is 240 g/mol. The second-order valence-corrected chi connectivity index (χ2v) is 5.31. The van der Waals surface area contributed by atoms with Gasteiger partial charge in [0.15, 0.2) is 5.84 Å². The lowest BCUT2D eigenvalue weighted by atomic mass is 10.0. The summed E-state index contributed by atoms with van der Waals surface area (Å²) in [6.45, 7) is 9.09. The second kappa shape index (κ2) is 7.02. The molecule has 0 radical (unpaired) electrons. The number of nitrogens with two attached hydrogens (primary N) is 1. The highest BCUT2D eigenvalue weighted by Crippen LogP contribution is 2.25. The molecule has 1 aromatic carbocycles. The first kappa shape index (κ1) is 15.3. The fourth-order valence-electron chi connectivity index (χ4n) is 2.05. The lowest BCUT2D eigenvalue weighted by Gasteiger charge is -2.14. The Morgan fingerprint density at radius 3 is 2.37 bits per heavy atom. The first-order valence-corrected chi connectivity index (χ1v) is 6.67. The molecule has 4 nitrogen and oxygen atoms in total. The summed E-state index contributed by atoms with van der Waals surface area (Å²) in [6, 6.07) is 3.75. The summed E-state index contributed by atoms with van der Waals surface area (Å²) >= 11 is 0. The van der Waals surface area contributed by atoms with Crippen LogP contribution in [0.15, 0.2) is 17.3 Å². The van der Waals surface area contributed by atoms with E-state index >= 15 is 0 Å². The van der Waals surface area contributed by atoms with Gasteiger partial charge in [0.1, 0.15) is 5.75 Å². The van der Waals surface area contributed by atoms with Crippen LogP contribution >= 0.6 is 0 Å². The smallest absolute Gasteiger partial charge is 0.170 e. The van der Waals surface area contributed by atoms with Crippen molar-refractivity contribution in [3.05, 3.63) is 28.8 Å². The van der Waals surface area contributed by atoms with Gasteiger partial charge in [-0.05, 0) is 55.9 Å². The van der Waals surface area contributed by atoms with E-state index in [2.05, 4.69) is 19.0 Å². The van der Waals surface area contributed by atoms with Gasteiger partial charge in [0.2, 0.25) is 0 Å². The first-order valence-electron chi connectivity index (χ1n) is 6.67. The van der Waals surface area contributed by atoms with E-state index in [0.29, 0.717) is 11.5 Å². The van der Waals surface area contributed by atoms with Crippen LogP contribution in [0.25, 0.3) is 0 Å². The van der Waals surface area contributed by atoms with Crippen molar-refractivity contribution >= 4 is 5.84 Å². The van der Waals surface area contributed by atoms with Crippen molar-refractivity contribution in [3.8, 4) is 5.75 Å². The SMILES string of the molecule is Cc1cc(C(N)=NO)cc(C)c1OCCCC(C)C. The van der Waals surface area contributed by atoms with E-state index < -0.39 is 0 Å². The Bertz CT molecular complexity index is 430. The predicted octanol–water partition coefficient (Wildman–Crippen LogP) is 3.21. The second-order valence-electron chi connectivity index (χ2n) is 5.31. The molecule has 0 aliphatic rings. The molecule has 106 valence electrons. The van der Waals surface area contributed by atoms with Crippen molar-refractivity contribution in [2.24, 2.45) is 16.8 Å². The Labute approximate surface area is 115 Å². The lowest BCUT2D eigenvalue weighted by molar-refractivity contribution is 0.294. The number of amidine groups is 1. The maximum atomic E-state index is 8.70. The molecule has 0 spiro atoms. The van der Waals surface area contributed by atoms with E-state index in [9.17, 15) is 0 Å². The third-order valence-electron chi connectivity index (χ3n) is 3.04. The van der Waals surface area contributed by atoms with Gasteiger partial charge in [0, 0.05) is 5.56 Å². The summed E-state index contributed by atoms with van der Waals surface area (Å²) in [5.74, 6) is 1.73. The monoisotopic (exact) mass is 264 g/mol. The molecule has 0 aliphatic carbocycles. The highest BCUT2D eigenvalue weighted by atomic mass is 16.5. The van der Waals surface area contributed by atoms with Crippen LogP contribution in [0.2, 0.25) is 0 Å². The molecule has 0 saturated carbocycles. The molecule has 0 unspecified atom stereocenters. The van der Waals surface area contributed by atoms with Gasteiger partial charge in [0.25, 0.3) is 0 Å². The zero-order valence-electron chi connectivity index (χ0n) is 12.2. The van der Waals surface area contributed by atoms with Crippen LogP contribution in [0.4, 0.5) is 0 Å². The van der Waals surface area contributed by atoms with Crippen LogP contribution in [-0.2, 0) is 0 Å². The van der Waals surface area contributed by atoms with Crippen LogP contribution < -0.4 is 10.5 Å². The number of hydrogen-bond acceptors (Lipinski definition) is 3. The molecule has 0 aromatic heterocycles. The van der Waals surface area contributed by atoms with Crippen LogP contribution in [0.3, 0.4) is 0 Å². The van der Waals surface area contributed by atoms with Gasteiger partial charge in [-0.3, -0.25) is 0 Å². The molecule has 4 heteroatoms. The summed E-state index contributed by atoms with van der Waals surface area (Å²) < 4.78 is 5.84. The van der Waals surface area contributed by atoms with E-state index in [-0.39, 0.29) is 5.84 Å². The van der Waals surface area contributed by atoms with Crippen molar-refractivity contribution < 1.29 is 9.94 Å². The Morgan fingerprint density at radius 1 is 1.32 bits per heavy atom. The van der Waals surface area contributed by atoms with Gasteiger partial charge < -0.3 is 15.7 Å². The fourth-order valence-corrected chi connectivity index (χ4v) is 2.05. The van der Waals surface area contributed by atoms with Gasteiger partial charge in [-0.15, -0.1) is 0 Å². The lowest BCUT2D eigenvalue weighted by Crippen LogP contribution is -2.14. The van der Waals surface area contributed by atoms with Crippen molar-refractivity contribution in [1.29, 1.82) is 0 Å². The number of benzene rings is 1. The van der Waals surface area contributed by atoms with Gasteiger partial charge >= 0.3 is 0 Å². The van der Waals surface area contributed by atoms with Gasteiger partial charge in [-0.1, -0.05) is 19.0 Å². The van der Waals surface area contributed by atoms with Crippen LogP contribution in [0.5, 0.6) is 5.75 Å². The molecule has 0 saturated heterocycles. The van der Waals surface area contributed by atoms with E-state index in [0.717, 1.165) is 29.9 Å². The summed E-state index contributed by atoms with van der Waals surface area (Å²) in [6.07, 6.45) is 2.22. The molecule has 0 amide bonds. The largest absolute Gasteiger partial charge is 0.493 e. The van der Waals surface area contributed by atoms with Crippen molar-refractivity contribution in [3.63, 3.8) is 0 Å². The van der Waals surface area contributed by atoms with Crippen LogP contribution in [0.1, 0.15) is 43.4 Å². The average Bonchev–Trinajstić information content (AvgIpc) is 2.35. The highest BCUT2D eigenvalue weighted by Gasteiger charge is 2.09. The van der Waals surface area contributed by atoms with E-state index in [4.69, 9.17) is 15.7 Å². The predicted molar refractivity (Wildman–Crippen MR) is 78.0 cm³/mol. The van der Waals surface area contributed by atoms with E-state index in [1.165, 1.54) is 6.42 Å². The third kappa shape index (κ3) is 4.47. The Hall–Kier alpha value is -1.71. The van der Waals surface area contributed by atoms with Crippen molar-refractivity contribution in [1.82, 2.24) is 0 Å². The standard InChI is InChI=1S/C15H24N2O2/c1-10(2)6-5-7-19-14-11(3)8-13(9-12(14)4)15(16)17-18/h8-10,18H,5-7H2,1-4H3,(H2,16,17). The highest BCUT2D eigenvalue weighted by molar-refractivity contribution is 5.97. The molecule has 0 heterocycles. The molecular formula is C15H24N2O2. The van der Waals surface area contributed by atoms with Crippen LogP contribution in [-0.4, -0.2) is 17.6 Å². The topological polar surface area (TPSA) is 67.8 Å². The van der Waals surface area contributed by atoms with E-state index in [1.807, 2.05) is 26.0 Å². The Morgan fingerprint density at radius 2 is 1.89 bits per heavy atom.